The average Bonchev–Trinajstić information content (AvgIpc) is 2.27. The third-order valence-corrected chi connectivity index (χ3v) is 1.98. The quantitative estimate of drug-likeness (QED) is 0.570. The zero-order valence-corrected chi connectivity index (χ0v) is 9.86. The van der Waals surface area contributed by atoms with Crippen molar-refractivity contribution < 1.29 is 14.2 Å². The summed E-state index contributed by atoms with van der Waals surface area (Å²) in [4.78, 5) is 0. The van der Waals surface area contributed by atoms with Crippen LogP contribution in [0, 0.1) is 0 Å². The molecule has 0 aliphatic carbocycles. The molecule has 0 aliphatic rings. The molecule has 16 heavy (non-hydrogen) atoms. The van der Waals surface area contributed by atoms with Crippen LogP contribution in [0.25, 0.3) is 0 Å². The zero-order chi connectivity index (χ0) is 11.8. The lowest BCUT2D eigenvalue weighted by Crippen LogP contribution is -2.07. The van der Waals surface area contributed by atoms with Gasteiger partial charge in [0.25, 0.3) is 0 Å². The van der Waals surface area contributed by atoms with Gasteiger partial charge >= 0.3 is 0 Å². The van der Waals surface area contributed by atoms with Gasteiger partial charge in [0.05, 0.1) is 18.9 Å². The van der Waals surface area contributed by atoms with E-state index in [0.717, 1.165) is 5.75 Å². The van der Waals surface area contributed by atoms with E-state index >= 15 is 0 Å². The molecule has 0 bridgehead atoms. The molecule has 0 aromatic heterocycles. The minimum absolute atomic E-state index is 0.506. The van der Waals surface area contributed by atoms with Gasteiger partial charge in [-0.2, -0.15) is 0 Å². The van der Waals surface area contributed by atoms with Gasteiger partial charge in [-0.05, 0) is 26.0 Å². The molecule has 0 amide bonds. The van der Waals surface area contributed by atoms with Gasteiger partial charge in [-0.25, -0.2) is 0 Å². The molecule has 90 valence electrons. The molecule has 0 aliphatic heterocycles. The van der Waals surface area contributed by atoms with Crippen molar-refractivity contribution in [2.24, 2.45) is 0 Å². The van der Waals surface area contributed by atoms with Gasteiger partial charge in [0.1, 0.15) is 18.1 Å². The third-order valence-electron chi connectivity index (χ3n) is 1.98. The Morgan fingerprint density at radius 1 is 1.06 bits per heavy atom. The molecule has 0 saturated heterocycles. The van der Waals surface area contributed by atoms with Crippen LogP contribution in [0.3, 0.4) is 0 Å². The minimum Gasteiger partial charge on any atom is -0.494 e. The summed E-state index contributed by atoms with van der Waals surface area (Å²) in [6, 6.07) is 5.42. The van der Waals surface area contributed by atoms with Crippen LogP contribution in [0.1, 0.15) is 13.8 Å². The largest absolute Gasteiger partial charge is 0.494 e. The molecule has 1 aromatic rings. The van der Waals surface area contributed by atoms with Gasteiger partial charge in [0, 0.05) is 12.7 Å². The Kier molecular flexibility index (Phi) is 5.50. The highest BCUT2D eigenvalue weighted by Gasteiger charge is 2.02. The molecule has 0 spiro atoms. The molecule has 0 saturated carbocycles. The van der Waals surface area contributed by atoms with Crippen molar-refractivity contribution in [2.45, 2.75) is 13.8 Å². The summed E-state index contributed by atoms with van der Waals surface area (Å²) in [5.74, 6) is 1.43. The van der Waals surface area contributed by atoms with Gasteiger partial charge in [-0.3, -0.25) is 0 Å². The fourth-order valence-electron chi connectivity index (χ4n) is 1.27. The Morgan fingerprint density at radius 2 is 1.88 bits per heavy atom. The fourth-order valence-corrected chi connectivity index (χ4v) is 1.27. The summed E-state index contributed by atoms with van der Waals surface area (Å²) in [6.07, 6.45) is 0. The second-order valence-corrected chi connectivity index (χ2v) is 3.18. The standard InChI is InChI=1S/C12H19NO3/c1-3-14-7-8-16-12-6-5-10(15-4-2)9-11(12)13/h5-6,9H,3-4,7-8,13H2,1-2H3. The Morgan fingerprint density at radius 3 is 2.50 bits per heavy atom. The molecule has 1 aromatic carbocycles. The van der Waals surface area contributed by atoms with E-state index in [-0.39, 0.29) is 0 Å². The fraction of sp³-hybridized carbons (Fsp3) is 0.500. The molecule has 0 fully saturated rings. The maximum Gasteiger partial charge on any atom is 0.142 e. The maximum atomic E-state index is 5.82. The van der Waals surface area contributed by atoms with Crippen LogP contribution in [0.4, 0.5) is 5.69 Å². The molecular formula is C12H19NO3. The van der Waals surface area contributed by atoms with Crippen molar-refractivity contribution in [3.05, 3.63) is 18.2 Å². The van der Waals surface area contributed by atoms with Crippen molar-refractivity contribution in [1.29, 1.82) is 0 Å². The molecule has 2 N–H and O–H groups in total. The van der Waals surface area contributed by atoms with Gasteiger partial charge in [0.2, 0.25) is 0 Å². The van der Waals surface area contributed by atoms with E-state index in [1.165, 1.54) is 0 Å². The van der Waals surface area contributed by atoms with Crippen molar-refractivity contribution in [3.8, 4) is 11.5 Å². The van der Waals surface area contributed by atoms with Crippen LogP contribution >= 0.6 is 0 Å². The highest BCUT2D eigenvalue weighted by molar-refractivity contribution is 5.56. The molecule has 0 heterocycles. The third kappa shape index (κ3) is 3.98. The second-order valence-electron chi connectivity index (χ2n) is 3.18. The number of benzene rings is 1. The summed E-state index contributed by atoms with van der Waals surface area (Å²) >= 11 is 0. The number of anilines is 1. The Balaban J connectivity index is 2.47. The molecular weight excluding hydrogens is 206 g/mol. The van der Waals surface area contributed by atoms with E-state index in [1.54, 1.807) is 6.07 Å². The SMILES string of the molecule is CCOCCOc1ccc(OCC)cc1N. The lowest BCUT2D eigenvalue weighted by molar-refractivity contribution is 0.110. The predicted molar refractivity (Wildman–Crippen MR) is 64.0 cm³/mol. The molecule has 0 atom stereocenters. The first-order chi connectivity index (χ1) is 7.77. The van der Waals surface area contributed by atoms with Crippen LogP contribution in [0.2, 0.25) is 0 Å². The monoisotopic (exact) mass is 225 g/mol. The second kappa shape index (κ2) is 6.95. The van der Waals surface area contributed by atoms with Crippen molar-refractivity contribution in [3.63, 3.8) is 0 Å². The summed E-state index contributed by atoms with van der Waals surface area (Å²) < 4.78 is 16.0. The van der Waals surface area contributed by atoms with E-state index in [4.69, 9.17) is 19.9 Å². The lowest BCUT2D eigenvalue weighted by atomic mass is 10.3. The number of hydrogen-bond donors (Lipinski definition) is 1. The van der Waals surface area contributed by atoms with Gasteiger partial charge in [-0.15, -0.1) is 0 Å². The normalized spacial score (nSPS) is 10.1. The van der Waals surface area contributed by atoms with Crippen LogP contribution in [-0.2, 0) is 4.74 Å². The molecule has 4 heteroatoms. The van der Waals surface area contributed by atoms with Gasteiger partial charge < -0.3 is 19.9 Å². The van der Waals surface area contributed by atoms with Crippen LogP contribution < -0.4 is 15.2 Å². The number of ether oxygens (including phenoxy) is 3. The van der Waals surface area contributed by atoms with E-state index in [0.29, 0.717) is 37.9 Å². The summed E-state index contributed by atoms with van der Waals surface area (Å²) in [6.45, 7) is 6.29. The molecule has 0 radical (unpaired) electrons. The average molecular weight is 225 g/mol. The first-order valence-electron chi connectivity index (χ1n) is 5.50. The first-order valence-corrected chi connectivity index (χ1v) is 5.50. The van der Waals surface area contributed by atoms with Crippen LogP contribution in [0.5, 0.6) is 11.5 Å². The first kappa shape index (κ1) is 12.6. The Labute approximate surface area is 96.3 Å². The number of hydrogen-bond acceptors (Lipinski definition) is 4. The molecule has 1 rings (SSSR count). The van der Waals surface area contributed by atoms with Crippen molar-refractivity contribution in [2.75, 3.05) is 32.2 Å². The lowest BCUT2D eigenvalue weighted by Gasteiger charge is -2.10. The van der Waals surface area contributed by atoms with Crippen LogP contribution in [0.15, 0.2) is 18.2 Å². The number of rotatable bonds is 7. The number of nitrogen functional groups attached to an aromatic ring is 1. The maximum absolute atomic E-state index is 5.82. The molecule has 0 unspecified atom stereocenters. The van der Waals surface area contributed by atoms with Crippen molar-refractivity contribution in [1.82, 2.24) is 0 Å². The van der Waals surface area contributed by atoms with Crippen molar-refractivity contribution >= 4 is 5.69 Å². The smallest absolute Gasteiger partial charge is 0.142 e. The Hall–Kier alpha value is -1.42. The highest BCUT2D eigenvalue weighted by Crippen LogP contribution is 2.26. The minimum atomic E-state index is 0.506. The topological polar surface area (TPSA) is 53.7 Å². The van der Waals surface area contributed by atoms with Gasteiger partial charge in [-0.1, -0.05) is 0 Å². The number of nitrogens with two attached hydrogens (primary N) is 1. The highest BCUT2D eigenvalue weighted by atomic mass is 16.5. The van der Waals surface area contributed by atoms with E-state index in [9.17, 15) is 0 Å². The van der Waals surface area contributed by atoms with E-state index in [1.807, 2.05) is 26.0 Å². The van der Waals surface area contributed by atoms with Crippen LogP contribution in [-0.4, -0.2) is 26.4 Å². The Bertz CT molecular complexity index is 315. The zero-order valence-electron chi connectivity index (χ0n) is 9.86. The van der Waals surface area contributed by atoms with E-state index < -0.39 is 0 Å². The van der Waals surface area contributed by atoms with E-state index in [2.05, 4.69) is 0 Å². The summed E-state index contributed by atoms with van der Waals surface area (Å²) in [7, 11) is 0. The molecule has 4 nitrogen and oxygen atoms in total. The van der Waals surface area contributed by atoms with Gasteiger partial charge in [0.15, 0.2) is 0 Å². The summed E-state index contributed by atoms with van der Waals surface area (Å²) in [5, 5.41) is 0. The predicted octanol–water partition coefficient (Wildman–Crippen LogP) is 2.08. The summed E-state index contributed by atoms with van der Waals surface area (Å²) in [5.41, 5.74) is 6.41.